The molecule has 1 saturated heterocycles. The highest BCUT2D eigenvalue weighted by Gasteiger charge is 2.21. The summed E-state index contributed by atoms with van der Waals surface area (Å²) in [6, 6.07) is 12.2. The quantitative estimate of drug-likeness (QED) is 0.859. The standard InChI is InChI=1S/C16H26N2/c1-14(10-11-15-7-4-3-5-8-15)18-12-6-9-16(13-18)17-2/h3-5,7-8,14,16-17H,6,9-13H2,1-2H3. The van der Waals surface area contributed by atoms with Crippen LogP contribution < -0.4 is 5.32 Å². The first-order valence-corrected chi connectivity index (χ1v) is 7.25. The summed E-state index contributed by atoms with van der Waals surface area (Å²) < 4.78 is 0. The van der Waals surface area contributed by atoms with Gasteiger partial charge in [0.05, 0.1) is 0 Å². The van der Waals surface area contributed by atoms with Crippen molar-refractivity contribution in [3.8, 4) is 0 Å². The Morgan fingerprint density at radius 3 is 2.83 bits per heavy atom. The molecule has 1 aliphatic heterocycles. The maximum atomic E-state index is 3.42. The van der Waals surface area contributed by atoms with Gasteiger partial charge in [-0.15, -0.1) is 0 Å². The van der Waals surface area contributed by atoms with Crippen LogP contribution in [0.4, 0.5) is 0 Å². The van der Waals surface area contributed by atoms with Crippen molar-refractivity contribution < 1.29 is 0 Å². The number of nitrogens with zero attached hydrogens (tertiary/aromatic N) is 1. The summed E-state index contributed by atoms with van der Waals surface area (Å²) in [6.07, 6.45) is 5.13. The molecule has 0 aromatic heterocycles. The molecule has 2 atom stereocenters. The van der Waals surface area contributed by atoms with Gasteiger partial charge < -0.3 is 5.32 Å². The minimum Gasteiger partial charge on any atom is -0.316 e. The average Bonchev–Trinajstić information content (AvgIpc) is 2.46. The first-order chi connectivity index (χ1) is 8.79. The van der Waals surface area contributed by atoms with Gasteiger partial charge in [0.25, 0.3) is 0 Å². The third kappa shape index (κ3) is 3.82. The van der Waals surface area contributed by atoms with Crippen molar-refractivity contribution in [3.63, 3.8) is 0 Å². The number of rotatable bonds is 5. The molecule has 0 saturated carbocycles. The van der Waals surface area contributed by atoms with Crippen LogP contribution in [0.1, 0.15) is 31.7 Å². The second-order valence-electron chi connectivity index (χ2n) is 5.50. The van der Waals surface area contributed by atoms with Crippen molar-refractivity contribution in [1.82, 2.24) is 10.2 Å². The third-order valence-electron chi connectivity index (χ3n) is 4.18. The molecule has 1 aliphatic rings. The van der Waals surface area contributed by atoms with E-state index in [1.165, 1.54) is 44.3 Å². The van der Waals surface area contributed by atoms with Gasteiger partial charge >= 0.3 is 0 Å². The molecule has 1 N–H and O–H groups in total. The Bertz CT molecular complexity index is 336. The number of piperidine rings is 1. The van der Waals surface area contributed by atoms with Gasteiger partial charge in [0.15, 0.2) is 0 Å². The summed E-state index contributed by atoms with van der Waals surface area (Å²) in [6.45, 7) is 4.86. The van der Waals surface area contributed by atoms with Gasteiger partial charge in [-0.25, -0.2) is 0 Å². The molecule has 1 fully saturated rings. The lowest BCUT2D eigenvalue weighted by Gasteiger charge is -2.36. The Labute approximate surface area is 111 Å². The molecule has 2 unspecified atom stereocenters. The molecule has 2 nitrogen and oxygen atoms in total. The molecule has 0 spiro atoms. The smallest absolute Gasteiger partial charge is 0.0192 e. The van der Waals surface area contributed by atoms with E-state index in [0.29, 0.717) is 12.1 Å². The Balaban J connectivity index is 1.79. The summed E-state index contributed by atoms with van der Waals surface area (Å²) in [4.78, 5) is 2.65. The largest absolute Gasteiger partial charge is 0.316 e. The summed E-state index contributed by atoms with van der Waals surface area (Å²) >= 11 is 0. The number of likely N-dealkylation sites (tertiary alicyclic amines) is 1. The van der Waals surface area contributed by atoms with E-state index in [9.17, 15) is 0 Å². The van der Waals surface area contributed by atoms with Gasteiger partial charge in [-0.3, -0.25) is 4.90 Å². The van der Waals surface area contributed by atoms with Crippen LogP contribution in [0.3, 0.4) is 0 Å². The molecular weight excluding hydrogens is 220 g/mol. The molecule has 2 rings (SSSR count). The maximum absolute atomic E-state index is 3.42. The molecule has 0 bridgehead atoms. The minimum absolute atomic E-state index is 0.693. The van der Waals surface area contributed by atoms with Crippen LogP contribution in [0.15, 0.2) is 30.3 Å². The van der Waals surface area contributed by atoms with Crippen LogP contribution in [0.25, 0.3) is 0 Å². The molecule has 1 aromatic carbocycles. The number of likely N-dealkylation sites (N-methyl/N-ethyl adjacent to an activating group) is 1. The average molecular weight is 246 g/mol. The van der Waals surface area contributed by atoms with Crippen LogP contribution >= 0.6 is 0 Å². The maximum Gasteiger partial charge on any atom is 0.0192 e. The third-order valence-corrected chi connectivity index (χ3v) is 4.18. The monoisotopic (exact) mass is 246 g/mol. The van der Waals surface area contributed by atoms with Crippen molar-refractivity contribution in [1.29, 1.82) is 0 Å². The highest BCUT2D eigenvalue weighted by Crippen LogP contribution is 2.16. The highest BCUT2D eigenvalue weighted by molar-refractivity contribution is 5.14. The Hall–Kier alpha value is -0.860. The molecule has 0 radical (unpaired) electrons. The van der Waals surface area contributed by atoms with Crippen molar-refractivity contribution in [2.75, 3.05) is 20.1 Å². The summed E-state index contributed by atoms with van der Waals surface area (Å²) in [5.74, 6) is 0. The molecule has 100 valence electrons. The van der Waals surface area contributed by atoms with E-state index in [2.05, 4.69) is 54.5 Å². The number of hydrogen-bond acceptors (Lipinski definition) is 2. The van der Waals surface area contributed by atoms with E-state index in [-0.39, 0.29) is 0 Å². The van der Waals surface area contributed by atoms with Crippen molar-refractivity contribution in [3.05, 3.63) is 35.9 Å². The Morgan fingerprint density at radius 1 is 1.33 bits per heavy atom. The first kappa shape index (κ1) is 13.6. The van der Waals surface area contributed by atoms with Gasteiger partial charge in [0.1, 0.15) is 0 Å². The Kier molecular flexibility index (Phi) is 5.21. The molecule has 1 heterocycles. The van der Waals surface area contributed by atoms with Crippen LogP contribution in [0.5, 0.6) is 0 Å². The predicted octanol–water partition coefficient (Wildman–Crippen LogP) is 2.69. The molecule has 18 heavy (non-hydrogen) atoms. The Morgan fingerprint density at radius 2 is 2.11 bits per heavy atom. The predicted molar refractivity (Wildman–Crippen MR) is 77.9 cm³/mol. The fourth-order valence-corrected chi connectivity index (χ4v) is 2.85. The normalized spacial score (nSPS) is 22.9. The fourth-order valence-electron chi connectivity index (χ4n) is 2.85. The van der Waals surface area contributed by atoms with Crippen LogP contribution in [-0.4, -0.2) is 37.1 Å². The van der Waals surface area contributed by atoms with Gasteiger partial charge in [-0.05, 0) is 51.8 Å². The topological polar surface area (TPSA) is 15.3 Å². The van der Waals surface area contributed by atoms with E-state index in [1.807, 2.05) is 0 Å². The van der Waals surface area contributed by atoms with E-state index >= 15 is 0 Å². The molecule has 1 aromatic rings. The summed E-state index contributed by atoms with van der Waals surface area (Å²) in [5.41, 5.74) is 1.46. The lowest BCUT2D eigenvalue weighted by atomic mass is 10.0. The molecule has 0 amide bonds. The van der Waals surface area contributed by atoms with Crippen LogP contribution in [0, 0.1) is 0 Å². The van der Waals surface area contributed by atoms with Crippen molar-refractivity contribution in [2.45, 2.75) is 44.7 Å². The van der Waals surface area contributed by atoms with Crippen LogP contribution in [0.2, 0.25) is 0 Å². The van der Waals surface area contributed by atoms with Gasteiger partial charge in [0, 0.05) is 18.6 Å². The zero-order valence-electron chi connectivity index (χ0n) is 11.7. The van der Waals surface area contributed by atoms with Crippen molar-refractivity contribution >= 4 is 0 Å². The second-order valence-corrected chi connectivity index (χ2v) is 5.50. The highest BCUT2D eigenvalue weighted by atomic mass is 15.2. The van der Waals surface area contributed by atoms with Gasteiger partial charge in [0.2, 0.25) is 0 Å². The summed E-state index contributed by atoms with van der Waals surface area (Å²) in [7, 11) is 2.09. The number of benzene rings is 1. The lowest BCUT2D eigenvalue weighted by Crippen LogP contribution is -2.47. The van der Waals surface area contributed by atoms with Crippen molar-refractivity contribution in [2.24, 2.45) is 0 Å². The minimum atomic E-state index is 0.693. The molecular formula is C16H26N2. The number of hydrogen-bond donors (Lipinski definition) is 1. The molecule has 0 aliphatic carbocycles. The molecule has 2 heteroatoms. The zero-order valence-corrected chi connectivity index (χ0v) is 11.7. The zero-order chi connectivity index (χ0) is 12.8. The van der Waals surface area contributed by atoms with Crippen LogP contribution in [-0.2, 0) is 6.42 Å². The van der Waals surface area contributed by atoms with E-state index in [1.54, 1.807) is 0 Å². The summed E-state index contributed by atoms with van der Waals surface area (Å²) in [5, 5.41) is 3.42. The van der Waals surface area contributed by atoms with Gasteiger partial charge in [-0.1, -0.05) is 30.3 Å². The van der Waals surface area contributed by atoms with E-state index in [4.69, 9.17) is 0 Å². The van der Waals surface area contributed by atoms with Gasteiger partial charge in [-0.2, -0.15) is 0 Å². The first-order valence-electron chi connectivity index (χ1n) is 7.25. The lowest BCUT2D eigenvalue weighted by molar-refractivity contribution is 0.143. The number of nitrogens with one attached hydrogen (secondary N) is 1. The van der Waals surface area contributed by atoms with E-state index < -0.39 is 0 Å². The number of aryl methyl sites for hydroxylation is 1. The second kappa shape index (κ2) is 6.91. The SMILES string of the molecule is CNC1CCCN(C(C)CCc2ccccc2)C1. The fraction of sp³-hybridized carbons (Fsp3) is 0.625. The van der Waals surface area contributed by atoms with E-state index in [0.717, 1.165) is 0 Å².